The van der Waals surface area contributed by atoms with Crippen molar-refractivity contribution in [1.29, 1.82) is 0 Å². The van der Waals surface area contributed by atoms with Crippen LogP contribution in [0.3, 0.4) is 0 Å². The molecule has 0 N–H and O–H groups in total. The molecule has 3 nitrogen and oxygen atoms in total. The summed E-state index contributed by atoms with van der Waals surface area (Å²) in [5.74, 6) is 0. The van der Waals surface area contributed by atoms with Crippen molar-refractivity contribution in [2.75, 3.05) is 0 Å². The van der Waals surface area contributed by atoms with E-state index in [4.69, 9.17) is 0 Å². The van der Waals surface area contributed by atoms with Crippen LogP contribution in [0, 0.1) is 13.8 Å². The van der Waals surface area contributed by atoms with Crippen molar-refractivity contribution in [3.8, 4) is 0 Å². The highest BCUT2D eigenvalue weighted by Crippen LogP contribution is 1.86. The van der Waals surface area contributed by atoms with Gasteiger partial charge in [-0.15, -0.1) is 0 Å². The van der Waals surface area contributed by atoms with Crippen LogP contribution in [-0.2, 0) is 0 Å². The third-order valence-corrected chi connectivity index (χ3v) is 2.19. The quantitative estimate of drug-likeness (QED) is 0.619. The molecule has 3 heteroatoms. The van der Waals surface area contributed by atoms with Crippen LogP contribution in [0.5, 0.6) is 0 Å². The second-order valence-corrected chi connectivity index (χ2v) is 3.97. The zero-order valence-electron chi connectivity index (χ0n) is 11.8. The molecule has 3 aromatic heterocycles. The Morgan fingerprint density at radius 1 is 0.550 bits per heavy atom. The fourth-order valence-electron chi connectivity index (χ4n) is 1.21. The van der Waals surface area contributed by atoms with E-state index in [1.165, 1.54) is 0 Å². The van der Waals surface area contributed by atoms with Crippen LogP contribution in [0.25, 0.3) is 0 Å². The molecule has 0 aliphatic heterocycles. The fourth-order valence-corrected chi connectivity index (χ4v) is 1.21. The van der Waals surface area contributed by atoms with Crippen molar-refractivity contribution in [3.63, 3.8) is 0 Å². The van der Waals surface area contributed by atoms with Gasteiger partial charge in [0, 0.05) is 36.2 Å². The van der Waals surface area contributed by atoms with E-state index in [1.807, 2.05) is 68.4 Å². The molecular weight excluding hydrogens is 246 g/mol. The van der Waals surface area contributed by atoms with Gasteiger partial charge in [-0.3, -0.25) is 15.0 Å². The van der Waals surface area contributed by atoms with E-state index in [1.54, 1.807) is 24.8 Å². The topological polar surface area (TPSA) is 38.7 Å². The molecule has 0 aliphatic carbocycles. The van der Waals surface area contributed by atoms with Gasteiger partial charge in [-0.25, -0.2) is 0 Å². The van der Waals surface area contributed by atoms with E-state index in [2.05, 4.69) is 15.0 Å². The molecule has 0 radical (unpaired) electrons. The Hall–Kier alpha value is -2.55. The van der Waals surface area contributed by atoms with Gasteiger partial charge < -0.3 is 0 Å². The van der Waals surface area contributed by atoms with Gasteiger partial charge in [0.05, 0.1) is 0 Å². The zero-order valence-corrected chi connectivity index (χ0v) is 11.8. The number of aryl methyl sites for hydroxylation is 2. The molecule has 0 amide bonds. The standard InChI is InChI=1S/2C6H7N.C5H5N/c2*1-6-4-2-3-5-7-6;1-2-4-6-5-3-1/h2*2-5H,1H3;1-5H. The monoisotopic (exact) mass is 265 g/mol. The Bertz CT molecular complexity index is 475. The summed E-state index contributed by atoms with van der Waals surface area (Å²) in [5.41, 5.74) is 2.14. The summed E-state index contributed by atoms with van der Waals surface area (Å²) >= 11 is 0. The van der Waals surface area contributed by atoms with Gasteiger partial charge in [0.25, 0.3) is 0 Å². The van der Waals surface area contributed by atoms with Crippen molar-refractivity contribution < 1.29 is 0 Å². The van der Waals surface area contributed by atoms with Crippen LogP contribution in [0.15, 0.2) is 79.4 Å². The van der Waals surface area contributed by atoms with Crippen LogP contribution in [-0.4, -0.2) is 15.0 Å². The van der Waals surface area contributed by atoms with E-state index in [9.17, 15) is 0 Å². The maximum atomic E-state index is 3.98. The lowest BCUT2D eigenvalue weighted by molar-refractivity contribution is 1.20. The average molecular weight is 265 g/mol. The minimum atomic E-state index is 1.07. The minimum Gasteiger partial charge on any atom is -0.265 e. The molecule has 3 heterocycles. The highest BCUT2D eigenvalue weighted by Gasteiger charge is 1.74. The molecule has 3 rings (SSSR count). The van der Waals surface area contributed by atoms with Crippen molar-refractivity contribution in [3.05, 3.63) is 90.8 Å². The fraction of sp³-hybridized carbons (Fsp3) is 0.118. The van der Waals surface area contributed by atoms with Crippen LogP contribution < -0.4 is 0 Å². The molecule has 3 aromatic rings. The van der Waals surface area contributed by atoms with Gasteiger partial charge in [-0.05, 0) is 50.2 Å². The van der Waals surface area contributed by atoms with E-state index < -0.39 is 0 Å². The summed E-state index contributed by atoms with van der Waals surface area (Å²) in [7, 11) is 0. The second kappa shape index (κ2) is 10.4. The summed E-state index contributed by atoms with van der Waals surface area (Å²) < 4.78 is 0. The predicted molar refractivity (Wildman–Crippen MR) is 82.2 cm³/mol. The Morgan fingerprint density at radius 3 is 1.15 bits per heavy atom. The van der Waals surface area contributed by atoms with Gasteiger partial charge in [0.2, 0.25) is 0 Å². The zero-order chi connectivity index (χ0) is 14.5. The summed E-state index contributed by atoms with van der Waals surface area (Å²) in [6.07, 6.45) is 7.07. The summed E-state index contributed by atoms with van der Waals surface area (Å²) in [5, 5.41) is 0. The van der Waals surface area contributed by atoms with Crippen molar-refractivity contribution in [1.82, 2.24) is 15.0 Å². The SMILES string of the molecule is Cc1ccccn1.Cc1ccccn1.c1ccncc1. The largest absolute Gasteiger partial charge is 0.265 e. The maximum Gasteiger partial charge on any atom is 0.0372 e. The van der Waals surface area contributed by atoms with Gasteiger partial charge in [0.15, 0.2) is 0 Å². The molecule has 0 spiro atoms. The average Bonchev–Trinajstić information content (AvgIpc) is 2.52. The van der Waals surface area contributed by atoms with Crippen LogP contribution in [0.1, 0.15) is 11.4 Å². The highest BCUT2D eigenvalue weighted by molar-refractivity contribution is 5.00. The lowest BCUT2D eigenvalue weighted by atomic mass is 10.4. The summed E-state index contributed by atoms with van der Waals surface area (Å²) in [6.45, 7) is 3.94. The maximum absolute atomic E-state index is 3.98. The molecule has 0 aromatic carbocycles. The highest BCUT2D eigenvalue weighted by atomic mass is 14.6. The molecule has 0 atom stereocenters. The summed E-state index contributed by atoms with van der Waals surface area (Å²) in [4.78, 5) is 11.7. The molecule has 0 aliphatic rings. The van der Waals surface area contributed by atoms with Gasteiger partial charge in [-0.2, -0.15) is 0 Å². The van der Waals surface area contributed by atoms with Crippen molar-refractivity contribution in [2.24, 2.45) is 0 Å². The molecule has 102 valence electrons. The van der Waals surface area contributed by atoms with E-state index in [0.29, 0.717) is 0 Å². The van der Waals surface area contributed by atoms with E-state index >= 15 is 0 Å². The lowest BCUT2D eigenvalue weighted by Crippen LogP contribution is -1.72. The first-order valence-electron chi connectivity index (χ1n) is 6.39. The molecule has 0 saturated heterocycles. The Labute approximate surface area is 120 Å². The molecule has 0 saturated carbocycles. The minimum absolute atomic E-state index is 1.07. The Morgan fingerprint density at radius 2 is 1.00 bits per heavy atom. The molecular formula is C17H19N3. The Kier molecular flexibility index (Phi) is 8.05. The number of rotatable bonds is 0. The summed E-state index contributed by atoms with van der Waals surface area (Å²) in [6, 6.07) is 17.4. The van der Waals surface area contributed by atoms with Crippen molar-refractivity contribution in [2.45, 2.75) is 13.8 Å². The smallest absolute Gasteiger partial charge is 0.0372 e. The van der Waals surface area contributed by atoms with Gasteiger partial charge >= 0.3 is 0 Å². The normalized spacial score (nSPS) is 8.50. The first-order chi connectivity index (χ1) is 9.79. The van der Waals surface area contributed by atoms with E-state index in [0.717, 1.165) is 11.4 Å². The second-order valence-electron chi connectivity index (χ2n) is 3.97. The molecule has 0 fully saturated rings. The molecule has 0 bridgehead atoms. The first-order valence-corrected chi connectivity index (χ1v) is 6.39. The molecule has 0 unspecified atom stereocenters. The van der Waals surface area contributed by atoms with Crippen molar-refractivity contribution >= 4 is 0 Å². The first kappa shape index (κ1) is 15.5. The number of hydrogen-bond donors (Lipinski definition) is 0. The number of nitrogens with zero attached hydrogens (tertiary/aromatic N) is 3. The predicted octanol–water partition coefficient (Wildman–Crippen LogP) is 3.86. The van der Waals surface area contributed by atoms with Gasteiger partial charge in [0.1, 0.15) is 0 Å². The Balaban J connectivity index is 0.000000151. The number of hydrogen-bond acceptors (Lipinski definition) is 3. The molecule has 20 heavy (non-hydrogen) atoms. The van der Waals surface area contributed by atoms with Crippen LogP contribution in [0.4, 0.5) is 0 Å². The number of pyridine rings is 3. The van der Waals surface area contributed by atoms with Crippen LogP contribution >= 0.6 is 0 Å². The third-order valence-electron chi connectivity index (χ3n) is 2.19. The van der Waals surface area contributed by atoms with E-state index in [-0.39, 0.29) is 0 Å². The van der Waals surface area contributed by atoms with Gasteiger partial charge in [-0.1, -0.05) is 18.2 Å². The van der Waals surface area contributed by atoms with Crippen LogP contribution in [0.2, 0.25) is 0 Å². The third kappa shape index (κ3) is 8.53. The number of aromatic nitrogens is 3. The lowest BCUT2D eigenvalue weighted by Gasteiger charge is -1.82.